The molecule has 0 amide bonds. The van der Waals surface area contributed by atoms with Gasteiger partial charge in [0.25, 0.3) is 0 Å². The number of allylic oxidation sites excluding steroid dienone is 1. The SMILES string of the molecule is CCC(O)C(O)CCOc1ccc(C2=CC3C=CC(OCC(O)COC(=O)C(CC(C)(C)C)C(C)(C)C)=CC3OC2=O)cc1. The summed E-state index contributed by atoms with van der Waals surface area (Å²) in [6, 6.07) is 7.05. The van der Waals surface area contributed by atoms with E-state index in [1.807, 2.05) is 32.9 Å². The van der Waals surface area contributed by atoms with Crippen molar-refractivity contribution in [2.24, 2.45) is 22.7 Å². The number of carbonyl (C=O) groups is 2. The first-order valence-electron chi connectivity index (χ1n) is 15.5. The zero-order valence-corrected chi connectivity index (χ0v) is 27.1. The van der Waals surface area contributed by atoms with Crippen molar-refractivity contribution in [1.29, 1.82) is 0 Å². The summed E-state index contributed by atoms with van der Waals surface area (Å²) in [6.45, 7) is 14.1. The van der Waals surface area contributed by atoms with E-state index in [0.717, 1.165) is 0 Å². The summed E-state index contributed by atoms with van der Waals surface area (Å²) in [7, 11) is 0. The van der Waals surface area contributed by atoms with Crippen LogP contribution >= 0.6 is 0 Å². The molecule has 0 fully saturated rings. The van der Waals surface area contributed by atoms with Crippen LogP contribution in [0.15, 0.2) is 54.3 Å². The maximum absolute atomic E-state index is 12.9. The molecule has 3 rings (SSSR count). The lowest BCUT2D eigenvalue weighted by Crippen LogP contribution is -2.35. The van der Waals surface area contributed by atoms with Crippen molar-refractivity contribution >= 4 is 17.5 Å². The molecule has 0 radical (unpaired) electrons. The van der Waals surface area contributed by atoms with Crippen LogP contribution in [0.2, 0.25) is 0 Å². The van der Waals surface area contributed by atoms with Crippen LogP contribution in [0.5, 0.6) is 5.75 Å². The van der Waals surface area contributed by atoms with Crippen molar-refractivity contribution in [1.82, 2.24) is 0 Å². The van der Waals surface area contributed by atoms with E-state index in [4.69, 9.17) is 18.9 Å². The fraction of sp³-hybridized carbons (Fsp3) is 0.600. The van der Waals surface area contributed by atoms with Gasteiger partial charge < -0.3 is 34.3 Å². The average Bonchev–Trinajstić information content (AvgIpc) is 2.96. The van der Waals surface area contributed by atoms with E-state index >= 15 is 0 Å². The molecule has 1 aromatic carbocycles. The Morgan fingerprint density at radius 1 is 0.955 bits per heavy atom. The zero-order chi connectivity index (χ0) is 32.7. The quantitative estimate of drug-likeness (QED) is 0.248. The van der Waals surface area contributed by atoms with Gasteiger partial charge in [-0.05, 0) is 53.5 Å². The highest BCUT2D eigenvalue weighted by molar-refractivity contribution is 6.17. The predicted octanol–water partition coefficient (Wildman–Crippen LogP) is 4.99. The first kappa shape index (κ1) is 35.3. The van der Waals surface area contributed by atoms with Gasteiger partial charge in [-0.25, -0.2) is 4.79 Å². The van der Waals surface area contributed by atoms with E-state index in [2.05, 4.69) is 20.8 Å². The molecule has 1 aliphatic carbocycles. The van der Waals surface area contributed by atoms with Gasteiger partial charge >= 0.3 is 11.9 Å². The molecule has 9 nitrogen and oxygen atoms in total. The number of hydrogen-bond donors (Lipinski definition) is 3. The molecule has 1 aliphatic heterocycles. The first-order valence-corrected chi connectivity index (χ1v) is 15.5. The van der Waals surface area contributed by atoms with Crippen molar-refractivity contribution in [3.05, 3.63) is 59.9 Å². The maximum atomic E-state index is 12.9. The molecule has 6 atom stereocenters. The number of fused-ring (bicyclic) bond motifs is 1. The molecule has 2 aliphatic rings. The fourth-order valence-electron chi connectivity index (χ4n) is 5.03. The Labute approximate surface area is 261 Å². The molecule has 3 N–H and O–H groups in total. The number of aliphatic hydroxyl groups is 3. The largest absolute Gasteiger partial charge is 0.493 e. The second-order valence-corrected chi connectivity index (χ2v) is 13.9. The maximum Gasteiger partial charge on any atom is 0.339 e. The molecule has 0 aromatic heterocycles. The number of hydrogen-bond acceptors (Lipinski definition) is 9. The van der Waals surface area contributed by atoms with Crippen LogP contribution in [0, 0.1) is 22.7 Å². The van der Waals surface area contributed by atoms with Gasteiger partial charge in [-0.1, -0.05) is 72.8 Å². The molecule has 0 spiro atoms. The average molecular weight is 615 g/mol. The second kappa shape index (κ2) is 15.2. The van der Waals surface area contributed by atoms with Gasteiger partial charge in [-0.2, -0.15) is 0 Å². The van der Waals surface area contributed by atoms with Gasteiger partial charge in [0, 0.05) is 12.3 Å². The van der Waals surface area contributed by atoms with Crippen molar-refractivity contribution in [3.8, 4) is 5.75 Å². The Kier molecular flexibility index (Phi) is 12.2. The summed E-state index contributed by atoms with van der Waals surface area (Å²) in [4.78, 5) is 25.7. The molecule has 1 heterocycles. The Bertz CT molecular complexity index is 1200. The lowest BCUT2D eigenvalue weighted by Gasteiger charge is -2.34. The first-order chi connectivity index (χ1) is 20.6. The third-order valence-electron chi connectivity index (χ3n) is 7.73. The lowest BCUT2D eigenvalue weighted by atomic mass is 9.72. The molecule has 244 valence electrons. The van der Waals surface area contributed by atoms with E-state index in [1.54, 1.807) is 43.3 Å². The molecular formula is C35H50O9. The number of carbonyl (C=O) groups excluding carboxylic acids is 2. The Balaban J connectivity index is 1.50. The topological polar surface area (TPSA) is 132 Å². The smallest absolute Gasteiger partial charge is 0.339 e. The summed E-state index contributed by atoms with van der Waals surface area (Å²) in [5.41, 5.74) is 0.823. The van der Waals surface area contributed by atoms with Crippen molar-refractivity contribution in [2.45, 2.75) is 92.1 Å². The van der Waals surface area contributed by atoms with E-state index in [9.17, 15) is 24.9 Å². The molecule has 0 saturated heterocycles. The minimum absolute atomic E-state index is 0.0413. The molecular weight excluding hydrogens is 564 g/mol. The van der Waals surface area contributed by atoms with Gasteiger partial charge in [0.05, 0.1) is 30.3 Å². The molecule has 0 saturated carbocycles. The summed E-state index contributed by atoms with van der Waals surface area (Å²) in [6.07, 6.45) is 5.51. The second-order valence-electron chi connectivity index (χ2n) is 13.9. The van der Waals surface area contributed by atoms with Gasteiger partial charge in [0.1, 0.15) is 36.9 Å². The van der Waals surface area contributed by atoms with Gasteiger partial charge in [-0.3, -0.25) is 4.79 Å². The number of esters is 2. The third-order valence-corrected chi connectivity index (χ3v) is 7.73. The fourth-order valence-corrected chi connectivity index (χ4v) is 5.03. The zero-order valence-electron chi connectivity index (χ0n) is 27.1. The Hall–Kier alpha value is -3.14. The van der Waals surface area contributed by atoms with Crippen molar-refractivity contribution in [2.75, 3.05) is 19.8 Å². The summed E-state index contributed by atoms with van der Waals surface area (Å²) < 4.78 is 22.6. The molecule has 1 aromatic rings. The number of benzene rings is 1. The van der Waals surface area contributed by atoms with Crippen LogP contribution in [0.4, 0.5) is 0 Å². The Morgan fingerprint density at radius 2 is 1.64 bits per heavy atom. The van der Waals surface area contributed by atoms with Crippen molar-refractivity contribution in [3.63, 3.8) is 0 Å². The molecule has 44 heavy (non-hydrogen) atoms. The third kappa shape index (κ3) is 10.5. The van der Waals surface area contributed by atoms with Gasteiger partial charge in [0.15, 0.2) is 0 Å². The molecule has 9 heteroatoms. The van der Waals surface area contributed by atoms with Gasteiger partial charge in [-0.15, -0.1) is 0 Å². The van der Waals surface area contributed by atoms with Crippen LogP contribution < -0.4 is 4.74 Å². The predicted molar refractivity (Wildman–Crippen MR) is 167 cm³/mol. The number of ether oxygens (including phenoxy) is 4. The minimum Gasteiger partial charge on any atom is -0.493 e. The van der Waals surface area contributed by atoms with Crippen molar-refractivity contribution < 1.29 is 43.9 Å². The highest BCUT2D eigenvalue weighted by Crippen LogP contribution is 2.37. The molecule has 6 unspecified atom stereocenters. The van der Waals surface area contributed by atoms with Crippen LogP contribution in [0.3, 0.4) is 0 Å². The van der Waals surface area contributed by atoms with E-state index < -0.39 is 30.4 Å². The molecule has 0 bridgehead atoms. The van der Waals surface area contributed by atoms with Crippen LogP contribution in [-0.4, -0.2) is 71.5 Å². The minimum atomic E-state index is -1.01. The summed E-state index contributed by atoms with van der Waals surface area (Å²) >= 11 is 0. The van der Waals surface area contributed by atoms with Crippen LogP contribution in [-0.2, 0) is 23.8 Å². The number of aliphatic hydroxyl groups excluding tert-OH is 3. The highest BCUT2D eigenvalue weighted by Gasteiger charge is 2.36. The van der Waals surface area contributed by atoms with E-state index in [-0.39, 0.29) is 48.5 Å². The monoisotopic (exact) mass is 614 g/mol. The highest BCUT2D eigenvalue weighted by atomic mass is 16.6. The summed E-state index contributed by atoms with van der Waals surface area (Å²) in [5, 5.41) is 30.0. The normalized spacial score (nSPS) is 21.2. The Morgan fingerprint density at radius 3 is 2.25 bits per heavy atom. The lowest BCUT2D eigenvalue weighted by molar-refractivity contribution is -0.157. The van der Waals surface area contributed by atoms with Gasteiger partial charge in [0.2, 0.25) is 0 Å². The van der Waals surface area contributed by atoms with E-state index in [1.165, 1.54) is 0 Å². The summed E-state index contributed by atoms with van der Waals surface area (Å²) in [5.74, 6) is -0.216. The number of rotatable bonds is 14. The standard InChI is InChI=1S/C35H50O9/c1-8-29(37)30(38)15-16-41-25-12-9-22(10-13-25)27-17-23-11-14-26(18-31(23)44-32(27)39)42-20-24(36)21-43-33(40)28(35(5,6)7)19-34(2,3)4/h9-14,17-18,23-24,28-31,36-38H,8,15-16,19-21H2,1-7H3. The van der Waals surface area contributed by atoms with E-state index in [0.29, 0.717) is 41.9 Å². The van der Waals surface area contributed by atoms with Crippen LogP contribution in [0.25, 0.3) is 5.57 Å². The van der Waals surface area contributed by atoms with Crippen LogP contribution in [0.1, 0.15) is 73.3 Å².